The first kappa shape index (κ1) is 10.8. The molecule has 4 nitrogen and oxygen atoms in total. The zero-order chi connectivity index (χ0) is 12.9. The fourth-order valence-corrected chi connectivity index (χ4v) is 1.88. The number of H-pyrrole nitrogens is 1. The molecule has 0 aliphatic carbocycles. The summed E-state index contributed by atoms with van der Waals surface area (Å²) in [6.07, 6.45) is -3.01. The zero-order valence-electron chi connectivity index (χ0n) is 8.82. The fourth-order valence-electron chi connectivity index (χ4n) is 1.88. The number of benzene rings is 1. The second kappa shape index (κ2) is 3.34. The molecule has 2 heterocycles. The van der Waals surface area contributed by atoms with Gasteiger partial charge >= 0.3 is 11.9 Å². The molecule has 0 radical (unpaired) electrons. The predicted octanol–water partition coefficient (Wildman–Crippen LogP) is 2.19. The Hall–Kier alpha value is -2.31. The van der Waals surface area contributed by atoms with Gasteiger partial charge in [0.1, 0.15) is 0 Å². The van der Waals surface area contributed by atoms with Crippen molar-refractivity contribution >= 4 is 16.4 Å². The van der Waals surface area contributed by atoms with Crippen LogP contribution in [0.25, 0.3) is 16.4 Å². The van der Waals surface area contributed by atoms with Crippen molar-refractivity contribution in [1.29, 1.82) is 0 Å². The van der Waals surface area contributed by atoms with Gasteiger partial charge < -0.3 is 4.98 Å². The molecule has 0 fully saturated rings. The first-order chi connectivity index (χ1) is 8.47. The fraction of sp³-hybridized carbons (Fsp3) is 0.0909. The van der Waals surface area contributed by atoms with E-state index in [-0.39, 0.29) is 5.52 Å². The van der Waals surface area contributed by atoms with Crippen LogP contribution in [-0.2, 0) is 6.18 Å². The van der Waals surface area contributed by atoms with Crippen LogP contribution in [0.2, 0.25) is 0 Å². The van der Waals surface area contributed by atoms with Crippen molar-refractivity contribution < 1.29 is 13.2 Å². The number of nitrogens with one attached hydrogen (secondary N) is 1. The molecule has 7 heteroatoms. The van der Waals surface area contributed by atoms with Crippen LogP contribution in [0.4, 0.5) is 13.2 Å². The van der Waals surface area contributed by atoms with E-state index in [4.69, 9.17) is 0 Å². The van der Waals surface area contributed by atoms with Crippen molar-refractivity contribution in [1.82, 2.24) is 14.6 Å². The zero-order valence-corrected chi connectivity index (χ0v) is 8.82. The van der Waals surface area contributed by atoms with Crippen LogP contribution in [0.3, 0.4) is 0 Å². The molecular formula is C11H6F3N3O. The molecule has 0 aliphatic rings. The van der Waals surface area contributed by atoms with E-state index in [9.17, 15) is 18.0 Å². The molecule has 0 bridgehead atoms. The molecule has 1 N–H and O–H groups in total. The lowest BCUT2D eigenvalue weighted by atomic mass is 10.1. The molecule has 1 aromatic carbocycles. The number of aromatic amines is 1. The second-order valence-electron chi connectivity index (χ2n) is 3.82. The van der Waals surface area contributed by atoms with Crippen LogP contribution in [0.5, 0.6) is 0 Å². The van der Waals surface area contributed by atoms with E-state index in [0.717, 1.165) is 16.6 Å². The molecule has 0 amide bonds. The van der Waals surface area contributed by atoms with E-state index in [1.807, 2.05) is 0 Å². The van der Waals surface area contributed by atoms with Gasteiger partial charge in [-0.3, -0.25) is 0 Å². The molecule has 18 heavy (non-hydrogen) atoms. The summed E-state index contributed by atoms with van der Waals surface area (Å²) < 4.78 is 38.8. The highest BCUT2D eigenvalue weighted by molar-refractivity contribution is 5.93. The largest absolute Gasteiger partial charge is 0.416 e. The number of nitrogens with zero attached hydrogens (tertiary/aromatic N) is 2. The van der Waals surface area contributed by atoms with Gasteiger partial charge in [0, 0.05) is 5.39 Å². The Bertz CT molecular complexity index is 800. The lowest BCUT2D eigenvalue weighted by Crippen LogP contribution is -2.17. The van der Waals surface area contributed by atoms with E-state index < -0.39 is 17.4 Å². The Kier molecular flexibility index (Phi) is 2.01. The maximum atomic E-state index is 12.6. The minimum absolute atomic E-state index is 0.142. The molecule has 2 aromatic heterocycles. The minimum Gasteiger partial charge on any atom is -0.305 e. The van der Waals surface area contributed by atoms with Gasteiger partial charge in [-0.15, -0.1) is 0 Å². The summed E-state index contributed by atoms with van der Waals surface area (Å²) in [5.41, 5.74) is -0.748. The average molecular weight is 253 g/mol. The van der Waals surface area contributed by atoms with E-state index in [2.05, 4.69) is 10.1 Å². The monoisotopic (exact) mass is 253 g/mol. The number of halogens is 3. The Morgan fingerprint density at radius 3 is 2.72 bits per heavy atom. The van der Waals surface area contributed by atoms with Crippen LogP contribution in [0.15, 0.2) is 35.3 Å². The van der Waals surface area contributed by atoms with Crippen LogP contribution < -0.4 is 5.69 Å². The molecule has 92 valence electrons. The average Bonchev–Trinajstić information content (AvgIpc) is 2.77. The lowest BCUT2D eigenvalue weighted by Gasteiger charge is -2.08. The van der Waals surface area contributed by atoms with Crippen molar-refractivity contribution in [2.75, 3.05) is 0 Å². The highest BCUT2D eigenvalue weighted by atomic mass is 19.4. The van der Waals surface area contributed by atoms with Gasteiger partial charge in [-0.05, 0) is 18.2 Å². The number of alkyl halides is 3. The summed E-state index contributed by atoms with van der Waals surface area (Å²) in [7, 11) is 0. The van der Waals surface area contributed by atoms with Crippen molar-refractivity contribution in [3.05, 3.63) is 46.5 Å². The first-order valence-electron chi connectivity index (χ1n) is 5.04. The third-order valence-corrected chi connectivity index (χ3v) is 2.70. The van der Waals surface area contributed by atoms with Crippen LogP contribution in [0.1, 0.15) is 5.56 Å². The smallest absolute Gasteiger partial charge is 0.305 e. The van der Waals surface area contributed by atoms with Crippen molar-refractivity contribution in [3.63, 3.8) is 0 Å². The third-order valence-electron chi connectivity index (χ3n) is 2.70. The molecular weight excluding hydrogens is 247 g/mol. The Morgan fingerprint density at radius 2 is 2.00 bits per heavy atom. The summed E-state index contributed by atoms with van der Waals surface area (Å²) >= 11 is 0. The van der Waals surface area contributed by atoms with E-state index >= 15 is 0 Å². The number of aromatic nitrogens is 3. The number of hydrogen-bond acceptors (Lipinski definition) is 2. The third kappa shape index (κ3) is 1.47. The summed E-state index contributed by atoms with van der Waals surface area (Å²) in [6.45, 7) is 0. The Labute approximate surface area is 97.7 Å². The molecule has 0 aliphatic heterocycles. The molecule has 0 spiro atoms. The highest BCUT2D eigenvalue weighted by Gasteiger charge is 2.30. The standard InChI is InChI=1S/C11H6F3N3O/c12-11(13,14)6-1-2-7-8(5-6)16-10(18)17-9(7)3-4-15-17/h1-5H,(H,16,18). The van der Waals surface area contributed by atoms with Crippen molar-refractivity contribution in [2.24, 2.45) is 0 Å². The highest BCUT2D eigenvalue weighted by Crippen LogP contribution is 2.31. The lowest BCUT2D eigenvalue weighted by molar-refractivity contribution is -0.137. The summed E-state index contributed by atoms with van der Waals surface area (Å²) in [5.74, 6) is 0. The molecule has 3 rings (SSSR count). The van der Waals surface area contributed by atoms with Gasteiger partial charge in [0.2, 0.25) is 0 Å². The minimum atomic E-state index is -4.43. The molecule has 3 aromatic rings. The van der Waals surface area contributed by atoms with Crippen molar-refractivity contribution in [3.8, 4) is 0 Å². The van der Waals surface area contributed by atoms with Gasteiger partial charge in [-0.2, -0.15) is 22.8 Å². The predicted molar refractivity (Wildman–Crippen MR) is 58.3 cm³/mol. The SMILES string of the molecule is O=c1[nH]c2cc(C(F)(F)F)ccc2c2ccnn12. The van der Waals surface area contributed by atoms with Crippen molar-refractivity contribution in [2.45, 2.75) is 6.18 Å². The summed E-state index contributed by atoms with van der Waals surface area (Å²) in [4.78, 5) is 14.0. The second-order valence-corrected chi connectivity index (χ2v) is 3.82. The number of rotatable bonds is 0. The first-order valence-corrected chi connectivity index (χ1v) is 5.04. The maximum Gasteiger partial charge on any atom is 0.416 e. The molecule has 0 saturated heterocycles. The van der Waals surface area contributed by atoms with Crippen LogP contribution in [-0.4, -0.2) is 14.6 Å². The number of fused-ring (bicyclic) bond motifs is 3. The van der Waals surface area contributed by atoms with Gasteiger partial charge in [0.05, 0.1) is 22.8 Å². The molecule has 0 atom stereocenters. The normalized spacial score (nSPS) is 12.4. The summed E-state index contributed by atoms with van der Waals surface area (Å²) in [6, 6.07) is 4.80. The van der Waals surface area contributed by atoms with E-state index in [1.165, 1.54) is 12.3 Å². The number of hydrogen-bond donors (Lipinski definition) is 1. The van der Waals surface area contributed by atoms with E-state index in [1.54, 1.807) is 6.07 Å². The molecule has 0 saturated carbocycles. The van der Waals surface area contributed by atoms with Gasteiger partial charge in [-0.25, -0.2) is 4.79 Å². The quantitative estimate of drug-likeness (QED) is 0.667. The summed E-state index contributed by atoms with van der Waals surface area (Å²) in [5, 5.41) is 4.30. The maximum absolute atomic E-state index is 12.6. The molecule has 0 unspecified atom stereocenters. The Morgan fingerprint density at radius 1 is 1.22 bits per heavy atom. The van der Waals surface area contributed by atoms with Crippen LogP contribution in [0, 0.1) is 0 Å². The van der Waals surface area contributed by atoms with Gasteiger partial charge in [0.25, 0.3) is 0 Å². The van der Waals surface area contributed by atoms with Gasteiger partial charge in [-0.1, -0.05) is 6.07 Å². The van der Waals surface area contributed by atoms with Gasteiger partial charge in [0.15, 0.2) is 0 Å². The topological polar surface area (TPSA) is 50.2 Å². The Balaban J connectivity index is 2.43. The van der Waals surface area contributed by atoms with E-state index in [0.29, 0.717) is 10.9 Å². The van der Waals surface area contributed by atoms with Crippen LogP contribution >= 0.6 is 0 Å².